The molecule has 7 heteroatoms. The van der Waals surface area contributed by atoms with Crippen LogP contribution in [0.3, 0.4) is 0 Å². The van der Waals surface area contributed by atoms with Crippen LogP contribution in [0.2, 0.25) is 0 Å². The van der Waals surface area contributed by atoms with Gasteiger partial charge < -0.3 is 14.4 Å². The summed E-state index contributed by atoms with van der Waals surface area (Å²) in [6.07, 6.45) is 0. The molecule has 134 valence electrons. The lowest BCUT2D eigenvalue weighted by atomic mass is 10.1. The van der Waals surface area contributed by atoms with E-state index in [4.69, 9.17) is 9.84 Å². The van der Waals surface area contributed by atoms with Crippen LogP contribution in [-0.2, 0) is 17.9 Å². The van der Waals surface area contributed by atoms with E-state index in [1.54, 1.807) is 0 Å². The summed E-state index contributed by atoms with van der Waals surface area (Å²) in [6.45, 7) is 2.89. The maximum Gasteiger partial charge on any atom is 0.313 e. The average molecular weight is 369 g/mol. The number of rotatable bonds is 8. The topological polar surface area (TPSA) is 77.2 Å². The van der Waals surface area contributed by atoms with Crippen LogP contribution in [-0.4, -0.2) is 31.6 Å². The zero-order valence-electron chi connectivity index (χ0n) is 14.3. The molecule has 0 saturated heterocycles. The van der Waals surface area contributed by atoms with Gasteiger partial charge in [-0.25, -0.2) is 0 Å². The van der Waals surface area contributed by atoms with E-state index in [9.17, 15) is 4.79 Å². The largest absolute Gasteiger partial charge is 0.486 e. The van der Waals surface area contributed by atoms with E-state index in [0.29, 0.717) is 17.5 Å². The number of benzene rings is 2. The van der Waals surface area contributed by atoms with Crippen molar-refractivity contribution >= 4 is 17.7 Å². The van der Waals surface area contributed by atoms with Crippen molar-refractivity contribution in [1.29, 1.82) is 0 Å². The first-order valence-corrected chi connectivity index (χ1v) is 9.21. The smallest absolute Gasteiger partial charge is 0.313 e. The fourth-order valence-electron chi connectivity index (χ4n) is 2.50. The van der Waals surface area contributed by atoms with Crippen LogP contribution in [0.25, 0.3) is 11.1 Å². The molecule has 0 fully saturated rings. The Labute approximate surface area is 155 Å². The monoisotopic (exact) mass is 369 g/mol. The number of aromatic nitrogens is 3. The molecule has 0 saturated carbocycles. The van der Waals surface area contributed by atoms with Crippen LogP contribution in [0.1, 0.15) is 12.7 Å². The summed E-state index contributed by atoms with van der Waals surface area (Å²) < 4.78 is 7.68. The lowest BCUT2D eigenvalue weighted by Crippen LogP contribution is -2.08. The van der Waals surface area contributed by atoms with Gasteiger partial charge in [-0.15, -0.1) is 10.2 Å². The predicted molar refractivity (Wildman–Crippen MR) is 100 cm³/mol. The lowest BCUT2D eigenvalue weighted by molar-refractivity contribution is -0.133. The molecule has 26 heavy (non-hydrogen) atoms. The Morgan fingerprint density at radius 2 is 1.77 bits per heavy atom. The highest BCUT2D eigenvalue weighted by Crippen LogP contribution is 2.23. The third kappa shape index (κ3) is 4.43. The first kappa shape index (κ1) is 18.0. The van der Waals surface area contributed by atoms with Crippen molar-refractivity contribution in [1.82, 2.24) is 14.8 Å². The number of aliphatic carboxylic acids is 1. The Kier molecular flexibility index (Phi) is 5.91. The molecule has 0 amide bonds. The molecular formula is C19H19N3O3S. The number of ether oxygens (including phenoxy) is 1. The molecule has 1 heterocycles. The van der Waals surface area contributed by atoms with Gasteiger partial charge in [0, 0.05) is 6.54 Å². The van der Waals surface area contributed by atoms with Gasteiger partial charge in [0.05, 0.1) is 5.75 Å². The Balaban J connectivity index is 1.64. The Morgan fingerprint density at radius 3 is 2.42 bits per heavy atom. The van der Waals surface area contributed by atoms with Gasteiger partial charge in [0.1, 0.15) is 12.4 Å². The molecule has 3 aromatic rings. The number of carboxylic acid groups (broad SMARTS) is 1. The number of carbonyl (C=O) groups is 1. The lowest BCUT2D eigenvalue weighted by Gasteiger charge is -2.09. The second-order valence-electron chi connectivity index (χ2n) is 5.50. The minimum atomic E-state index is -0.878. The quantitative estimate of drug-likeness (QED) is 0.610. The van der Waals surface area contributed by atoms with E-state index >= 15 is 0 Å². The maximum atomic E-state index is 10.7. The highest BCUT2D eigenvalue weighted by atomic mass is 32.2. The minimum Gasteiger partial charge on any atom is -0.486 e. The predicted octanol–water partition coefficient (Wildman–Crippen LogP) is 3.72. The van der Waals surface area contributed by atoms with E-state index in [-0.39, 0.29) is 12.4 Å². The van der Waals surface area contributed by atoms with Crippen LogP contribution in [0.15, 0.2) is 59.8 Å². The van der Waals surface area contributed by atoms with E-state index in [2.05, 4.69) is 22.3 Å². The fourth-order valence-corrected chi connectivity index (χ4v) is 3.24. The van der Waals surface area contributed by atoms with Gasteiger partial charge in [0.2, 0.25) is 0 Å². The van der Waals surface area contributed by atoms with E-state index in [1.807, 2.05) is 54.0 Å². The summed E-state index contributed by atoms with van der Waals surface area (Å²) in [4.78, 5) is 10.7. The van der Waals surface area contributed by atoms with Crippen LogP contribution >= 0.6 is 11.8 Å². The summed E-state index contributed by atoms with van der Waals surface area (Å²) in [5, 5.41) is 17.6. The van der Waals surface area contributed by atoms with Crippen molar-refractivity contribution in [3.8, 4) is 16.9 Å². The van der Waals surface area contributed by atoms with E-state index in [1.165, 1.54) is 0 Å². The molecule has 3 rings (SSSR count). The van der Waals surface area contributed by atoms with Gasteiger partial charge in [0.15, 0.2) is 11.0 Å². The standard InChI is InChI=1S/C19H19N3O3S/c1-2-22-17(20-21-19(22)26-13-18(23)24)12-25-16-10-8-15(9-11-16)14-6-4-3-5-7-14/h3-11H,2,12-13H2,1H3,(H,23,24). The minimum absolute atomic E-state index is 0.0417. The molecule has 0 unspecified atom stereocenters. The highest BCUT2D eigenvalue weighted by molar-refractivity contribution is 7.99. The van der Waals surface area contributed by atoms with Crippen LogP contribution < -0.4 is 4.74 Å². The molecule has 6 nitrogen and oxygen atoms in total. The highest BCUT2D eigenvalue weighted by Gasteiger charge is 2.13. The van der Waals surface area contributed by atoms with Gasteiger partial charge in [0.25, 0.3) is 0 Å². The van der Waals surface area contributed by atoms with E-state index in [0.717, 1.165) is 28.6 Å². The third-order valence-electron chi connectivity index (χ3n) is 3.76. The SMILES string of the molecule is CCn1c(COc2ccc(-c3ccccc3)cc2)nnc1SCC(=O)O. The molecule has 0 atom stereocenters. The first-order valence-electron chi connectivity index (χ1n) is 8.22. The molecular weight excluding hydrogens is 350 g/mol. The number of hydrogen-bond donors (Lipinski definition) is 1. The summed E-state index contributed by atoms with van der Waals surface area (Å²) in [5.74, 6) is 0.500. The van der Waals surface area contributed by atoms with Crippen molar-refractivity contribution in [2.45, 2.75) is 25.2 Å². The van der Waals surface area contributed by atoms with Crippen LogP contribution in [0.5, 0.6) is 5.75 Å². The maximum absolute atomic E-state index is 10.7. The second kappa shape index (κ2) is 8.53. The molecule has 1 N–H and O–H groups in total. The van der Waals surface area contributed by atoms with Crippen molar-refractivity contribution in [3.05, 3.63) is 60.4 Å². The zero-order chi connectivity index (χ0) is 18.4. The molecule has 0 aliphatic rings. The van der Waals surface area contributed by atoms with E-state index < -0.39 is 5.97 Å². The Hall–Kier alpha value is -2.80. The van der Waals surface area contributed by atoms with Gasteiger partial charge in [-0.2, -0.15) is 0 Å². The van der Waals surface area contributed by atoms with Crippen molar-refractivity contribution < 1.29 is 14.6 Å². The van der Waals surface area contributed by atoms with Crippen LogP contribution in [0, 0.1) is 0 Å². The molecule has 0 aliphatic carbocycles. The molecule has 0 bridgehead atoms. The first-order chi connectivity index (χ1) is 12.7. The molecule has 0 spiro atoms. The van der Waals surface area contributed by atoms with Gasteiger partial charge in [-0.1, -0.05) is 54.2 Å². The average Bonchev–Trinajstić information content (AvgIpc) is 3.07. The summed E-state index contributed by atoms with van der Waals surface area (Å²) in [6, 6.07) is 18.0. The molecule has 0 aliphatic heterocycles. The van der Waals surface area contributed by atoms with Crippen molar-refractivity contribution in [2.75, 3.05) is 5.75 Å². The number of thioether (sulfide) groups is 1. The van der Waals surface area contributed by atoms with Gasteiger partial charge in [-0.3, -0.25) is 4.79 Å². The molecule has 0 radical (unpaired) electrons. The molecule has 2 aromatic carbocycles. The number of hydrogen-bond acceptors (Lipinski definition) is 5. The van der Waals surface area contributed by atoms with Gasteiger partial charge >= 0.3 is 5.97 Å². The third-order valence-corrected chi connectivity index (χ3v) is 4.72. The normalized spacial score (nSPS) is 10.7. The summed E-state index contributed by atoms with van der Waals surface area (Å²) in [5.41, 5.74) is 2.28. The summed E-state index contributed by atoms with van der Waals surface area (Å²) in [7, 11) is 0. The Bertz CT molecular complexity index is 863. The van der Waals surface area contributed by atoms with Crippen molar-refractivity contribution in [2.24, 2.45) is 0 Å². The fraction of sp³-hybridized carbons (Fsp3) is 0.211. The Morgan fingerprint density at radius 1 is 1.08 bits per heavy atom. The molecule has 1 aromatic heterocycles. The second-order valence-corrected chi connectivity index (χ2v) is 6.45. The van der Waals surface area contributed by atoms with Crippen LogP contribution in [0.4, 0.5) is 0 Å². The van der Waals surface area contributed by atoms with Crippen molar-refractivity contribution in [3.63, 3.8) is 0 Å². The van der Waals surface area contributed by atoms with Gasteiger partial charge in [-0.05, 0) is 30.2 Å². The zero-order valence-corrected chi connectivity index (χ0v) is 15.1. The number of carboxylic acids is 1. The summed E-state index contributed by atoms with van der Waals surface area (Å²) >= 11 is 1.16. The number of nitrogens with zero attached hydrogens (tertiary/aromatic N) is 3.